The van der Waals surface area contributed by atoms with Gasteiger partial charge in [-0.15, -0.1) is 0 Å². The molecule has 0 saturated carbocycles. The molecule has 2 aromatic rings. The molecule has 0 saturated heterocycles. The molecule has 1 N–H and O–H groups in total. The zero-order chi connectivity index (χ0) is 14.9. The molecule has 0 aliphatic heterocycles. The first kappa shape index (κ1) is 14.1. The van der Waals surface area contributed by atoms with E-state index in [4.69, 9.17) is 5.11 Å². The Hall–Kier alpha value is -2.31. The van der Waals surface area contributed by atoms with Gasteiger partial charge in [-0.05, 0) is 30.2 Å². The maximum Gasteiger partial charge on any atom is 0.434 e. The van der Waals surface area contributed by atoms with Crippen LogP contribution in [0.4, 0.5) is 13.2 Å². The van der Waals surface area contributed by atoms with Gasteiger partial charge in [-0.1, -0.05) is 6.92 Å². The maximum atomic E-state index is 12.5. The molecule has 0 radical (unpaired) electrons. The molecule has 20 heavy (non-hydrogen) atoms. The van der Waals surface area contributed by atoms with Gasteiger partial charge >= 0.3 is 12.1 Å². The Balaban J connectivity index is 2.49. The summed E-state index contributed by atoms with van der Waals surface area (Å²) in [6.45, 7) is 1.83. The van der Waals surface area contributed by atoms with Crippen molar-refractivity contribution in [3.63, 3.8) is 0 Å². The molecule has 0 bridgehead atoms. The number of imidazole rings is 1. The minimum absolute atomic E-state index is 0.0293. The monoisotopic (exact) mass is 284 g/mol. The van der Waals surface area contributed by atoms with Crippen LogP contribution in [0.3, 0.4) is 0 Å². The van der Waals surface area contributed by atoms with Crippen molar-refractivity contribution < 1.29 is 23.1 Å². The average Bonchev–Trinajstić information content (AvgIpc) is 2.87. The van der Waals surface area contributed by atoms with Gasteiger partial charge in [0.25, 0.3) is 0 Å². The van der Waals surface area contributed by atoms with Crippen LogP contribution < -0.4 is 0 Å². The van der Waals surface area contributed by atoms with E-state index in [1.807, 2.05) is 6.92 Å². The van der Waals surface area contributed by atoms with Gasteiger partial charge in [0, 0.05) is 11.9 Å². The Bertz CT molecular complexity index is 647. The van der Waals surface area contributed by atoms with E-state index >= 15 is 0 Å². The molecule has 0 atom stereocenters. The standard InChI is InChI=1S/C13H11F3N2O2/c1-2-8-3-9(12(19)20)5-10(4-8)18-6-11(17-7-18)13(14,15)16/h3-7H,2H2,1H3,(H,19,20). The fourth-order valence-corrected chi connectivity index (χ4v) is 1.76. The van der Waals surface area contributed by atoms with E-state index in [9.17, 15) is 18.0 Å². The number of hydrogen-bond acceptors (Lipinski definition) is 2. The second-order valence-electron chi connectivity index (χ2n) is 4.21. The summed E-state index contributed by atoms with van der Waals surface area (Å²) >= 11 is 0. The molecule has 0 amide bonds. The lowest BCUT2D eigenvalue weighted by atomic mass is 10.1. The van der Waals surface area contributed by atoms with Crippen molar-refractivity contribution in [3.8, 4) is 5.69 Å². The second-order valence-corrected chi connectivity index (χ2v) is 4.21. The normalized spacial score (nSPS) is 11.6. The highest BCUT2D eigenvalue weighted by Gasteiger charge is 2.33. The predicted octanol–water partition coefficient (Wildman–Crippen LogP) is 3.15. The zero-order valence-electron chi connectivity index (χ0n) is 10.5. The zero-order valence-corrected chi connectivity index (χ0v) is 10.5. The molecule has 1 aromatic heterocycles. The highest BCUT2D eigenvalue weighted by molar-refractivity contribution is 5.88. The predicted molar refractivity (Wildman–Crippen MR) is 64.9 cm³/mol. The second kappa shape index (κ2) is 4.99. The lowest BCUT2D eigenvalue weighted by molar-refractivity contribution is -0.140. The molecule has 106 valence electrons. The van der Waals surface area contributed by atoms with Gasteiger partial charge in [-0.3, -0.25) is 0 Å². The minimum atomic E-state index is -4.52. The summed E-state index contributed by atoms with van der Waals surface area (Å²) in [5, 5.41) is 9.01. The summed E-state index contributed by atoms with van der Waals surface area (Å²) in [5.74, 6) is -1.13. The van der Waals surface area contributed by atoms with Gasteiger partial charge in [0.2, 0.25) is 0 Å². The van der Waals surface area contributed by atoms with Crippen LogP contribution in [0.25, 0.3) is 5.69 Å². The number of nitrogens with zero attached hydrogens (tertiary/aromatic N) is 2. The van der Waals surface area contributed by atoms with Crippen LogP contribution >= 0.6 is 0 Å². The van der Waals surface area contributed by atoms with E-state index in [1.54, 1.807) is 6.07 Å². The van der Waals surface area contributed by atoms with Crippen molar-refractivity contribution in [3.05, 3.63) is 47.5 Å². The number of carbonyl (C=O) groups is 1. The Morgan fingerprint density at radius 3 is 2.55 bits per heavy atom. The van der Waals surface area contributed by atoms with E-state index in [1.165, 1.54) is 12.1 Å². The Kier molecular flexibility index (Phi) is 3.52. The maximum absolute atomic E-state index is 12.5. The van der Waals surface area contributed by atoms with E-state index in [2.05, 4.69) is 4.98 Å². The van der Waals surface area contributed by atoms with Crippen molar-refractivity contribution >= 4 is 5.97 Å². The van der Waals surface area contributed by atoms with E-state index in [0.717, 1.165) is 22.7 Å². The first-order valence-electron chi connectivity index (χ1n) is 5.80. The van der Waals surface area contributed by atoms with Crippen LogP contribution in [-0.4, -0.2) is 20.6 Å². The third kappa shape index (κ3) is 2.81. The molecular formula is C13H11F3N2O2. The SMILES string of the molecule is CCc1cc(C(=O)O)cc(-n2cnc(C(F)(F)F)c2)c1. The number of hydrogen-bond donors (Lipinski definition) is 1. The summed E-state index contributed by atoms with van der Waals surface area (Å²) in [6, 6.07) is 4.44. The van der Waals surface area contributed by atoms with Crippen LogP contribution in [0.1, 0.15) is 28.5 Å². The Morgan fingerprint density at radius 1 is 1.35 bits per heavy atom. The number of aromatic nitrogens is 2. The van der Waals surface area contributed by atoms with E-state index in [-0.39, 0.29) is 5.56 Å². The number of rotatable bonds is 3. The van der Waals surface area contributed by atoms with Crippen molar-refractivity contribution in [2.75, 3.05) is 0 Å². The van der Waals surface area contributed by atoms with Gasteiger partial charge < -0.3 is 9.67 Å². The van der Waals surface area contributed by atoms with Crippen molar-refractivity contribution in [1.82, 2.24) is 9.55 Å². The van der Waals surface area contributed by atoms with E-state index < -0.39 is 17.8 Å². The quantitative estimate of drug-likeness (QED) is 0.942. The fourth-order valence-electron chi connectivity index (χ4n) is 1.76. The van der Waals surface area contributed by atoms with Crippen LogP contribution in [0.2, 0.25) is 0 Å². The molecule has 4 nitrogen and oxygen atoms in total. The highest BCUT2D eigenvalue weighted by Crippen LogP contribution is 2.28. The minimum Gasteiger partial charge on any atom is -0.478 e. The van der Waals surface area contributed by atoms with Gasteiger partial charge in [0.05, 0.1) is 11.9 Å². The Labute approximate surface area is 112 Å². The number of benzene rings is 1. The first-order chi connectivity index (χ1) is 9.31. The van der Waals surface area contributed by atoms with Gasteiger partial charge in [-0.2, -0.15) is 13.2 Å². The summed E-state index contributed by atoms with van der Waals surface area (Å²) < 4.78 is 38.7. The number of carboxylic acid groups (broad SMARTS) is 1. The molecule has 0 unspecified atom stereocenters. The van der Waals surface area contributed by atoms with Gasteiger partial charge in [0.1, 0.15) is 0 Å². The topological polar surface area (TPSA) is 55.1 Å². The molecule has 1 aromatic carbocycles. The van der Waals surface area contributed by atoms with Gasteiger partial charge in [0.15, 0.2) is 5.69 Å². The van der Waals surface area contributed by atoms with Gasteiger partial charge in [-0.25, -0.2) is 9.78 Å². The smallest absolute Gasteiger partial charge is 0.434 e. The molecule has 7 heteroatoms. The molecule has 0 spiro atoms. The number of alkyl halides is 3. The third-order valence-electron chi connectivity index (χ3n) is 2.80. The molecular weight excluding hydrogens is 273 g/mol. The summed E-state index contributed by atoms with van der Waals surface area (Å²) in [6.07, 6.45) is -2.10. The average molecular weight is 284 g/mol. The van der Waals surface area contributed by atoms with Crippen LogP contribution in [0.15, 0.2) is 30.7 Å². The van der Waals surface area contributed by atoms with Crippen LogP contribution in [-0.2, 0) is 12.6 Å². The van der Waals surface area contributed by atoms with E-state index in [0.29, 0.717) is 12.1 Å². The molecule has 1 heterocycles. The van der Waals surface area contributed by atoms with Crippen molar-refractivity contribution in [2.24, 2.45) is 0 Å². The lowest BCUT2D eigenvalue weighted by Gasteiger charge is -2.07. The molecule has 0 aliphatic rings. The van der Waals surface area contributed by atoms with Crippen LogP contribution in [0.5, 0.6) is 0 Å². The first-order valence-corrected chi connectivity index (χ1v) is 5.80. The molecule has 2 rings (SSSR count). The van der Waals surface area contributed by atoms with Crippen molar-refractivity contribution in [2.45, 2.75) is 19.5 Å². The third-order valence-corrected chi connectivity index (χ3v) is 2.80. The summed E-state index contributed by atoms with van der Waals surface area (Å²) in [5.41, 5.74) is 0.0739. The Morgan fingerprint density at radius 2 is 2.05 bits per heavy atom. The summed E-state index contributed by atoms with van der Waals surface area (Å²) in [7, 11) is 0. The number of halogens is 3. The number of aromatic carboxylic acids is 1. The molecule has 0 fully saturated rings. The lowest BCUT2D eigenvalue weighted by Crippen LogP contribution is -2.05. The number of aryl methyl sites for hydroxylation is 1. The number of carboxylic acids is 1. The summed E-state index contributed by atoms with van der Waals surface area (Å²) in [4.78, 5) is 14.3. The van der Waals surface area contributed by atoms with Crippen LogP contribution in [0, 0.1) is 0 Å². The molecule has 0 aliphatic carbocycles. The highest BCUT2D eigenvalue weighted by atomic mass is 19.4. The van der Waals surface area contributed by atoms with Crippen molar-refractivity contribution in [1.29, 1.82) is 0 Å². The fraction of sp³-hybridized carbons (Fsp3) is 0.231. The largest absolute Gasteiger partial charge is 0.478 e.